The van der Waals surface area contributed by atoms with E-state index >= 15 is 0 Å². The monoisotopic (exact) mass is 585 g/mol. The summed E-state index contributed by atoms with van der Waals surface area (Å²) in [4.78, 5) is 17.9. The molecule has 0 amide bonds. The molecule has 1 aliphatic carbocycles. The number of para-hydroxylation sites is 1. The average molecular weight is 586 g/mol. The largest absolute Gasteiger partial charge is 0.415 e. The predicted octanol–water partition coefficient (Wildman–Crippen LogP) is 7.73. The third-order valence-electron chi connectivity index (χ3n) is 10.7. The van der Waals surface area contributed by atoms with Crippen LogP contribution in [0.4, 0.5) is 17.2 Å². The van der Waals surface area contributed by atoms with Gasteiger partial charge in [-0.2, -0.15) is 0 Å². The van der Waals surface area contributed by atoms with E-state index in [1.807, 2.05) is 0 Å². The SMILES string of the molecule is CN(CCO[Si](C)(C)C(C)(C)C)c1ccc2nc(C3(C)CC3)nc(N3CCC(c4ccccc4N4CCC4)CC3)c2c1. The van der Waals surface area contributed by atoms with Gasteiger partial charge in [0.1, 0.15) is 11.6 Å². The van der Waals surface area contributed by atoms with Crippen molar-refractivity contribution in [2.45, 2.75) is 89.3 Å². The Kier molecular flexibility index (Phi) is 7.80. The number of likely N-dealkylation sites (N-methyl/N-ethyl adjacent to an activating group) is 1. The summed E-state index contributed by atoms with van der Waals surface area (Å²) in [6.45, 7) is 20.0. The lowest BCUT2D eigenvalue weighted by Gasteiger charge is -2.39. The number of fused-ring (bicyclic) bond motifs is 1. The number of hydrogen-bond donors (Lipinski definition) is 0. The Morgan fingerprint density at radius 1 is 0.976 bits per heavy atom. The lowest BCUT2D eigenvalue weighted by atomic mass is 9.87. The van der Waals surface area contributed by atoms with E-state index in [4.69, 9.17) is 14.4 Å². The van der Waals surface area contributed by atoms with E-state index in [0.29, 0.717) is 5.92 Å². The van der Waals surface area contributed by atoms with Crippen molar-refractivity contribution in [1.29, 1.82) is 0 Å². The van der Waals surface area contributed by atoms with Gasteiger partial charge in [-0.1, -0.05) is 45.9 Å². The van der Waals surface area contributed by atoms with Gasteiger partial charge in [0.25, 0.3) is 0 Å². The van der Waals surface area contributed by atoms with Gasteiger partial charge in [0.05, 0.1) is 12.1 Å². The molecule has 0 radical (unpaired) electrons. The average Bonchev–Trinajstić information content (AvgIpc) is 3.69. The van der Waals surface area contributed by atoms with Gasteiger partial charge >= 0.3 is 0 Å². The van der Waals surface area contributed by atoms with Gasteiger partial charge in [0, 0.05) is 61.9 Å². The van der Waals surface area contributed by atoms with Crippen molar-refractivity contribution in [2.75, 3.05) is 61.1 Å². The number of rotatable bonds is 9. The molecule has 3 heterocycles. The molecule has 1 aromatic heterocycles. The molecule has 3 aromatic rings. The zero-order chi connectivity index (χ0) is 29.7. The summed E-state index contributed by atoms with van der Waals surface area (Å²) in [6.07, 6.45) is 6.00. The minimum Gasteiger partial charge on any atom is -0.415 e. The fourth-order valence-corrected chi connectivity index (χ4v) is 7.16. The van der Waals surface area contributed by atoms with Crippen molar-refractivity contribution >= 4 is 36.4 Å². The molecule has 6 rings (SSSR count). The summed E-state index contributed by atoms with van der Waals surface area (Å²) >= 11 is 0. The first-order chi connectivity index (χ1) is 20.0. The van der Waals surface area contributed by atoms with Crippen LogP contribution in [0.5, 0.6) is 0 Å². The van der Waals surface area contributed by atoms with Gasteiger partial charge in [-0.15, -0.1) is 0 Å². The molecule has 3 aliphatic rings. The summed E-state index contributed by atoms with van der Waals surface area (Å²) in [6, 6.07) is 15.9. The molecule has 0 atom stereocenters. The number of piperidine rings is 1. The zero-order valence-corrected chi connectivity index (χ0v) is 28.0. The Balaban J connectivity index is 1.23. The Morgan fingerprint density at radius 3 is 2.33 bits per heavy atom. The fourth-order valence-electron chi connectivity index (χ4n) is 6.12. The first-order valence-electron chi connectivity index (χ1n) is 16.2. The lowest BCUT2D eigenvalue weighted by Crippen LogP contribution is -2.42. The second kappa shape index (κ2) is 11.1. The maximum atomic E-state index is 6.49. The standard InChI is InChI=1S/C35H51N5OSi/c1-34(2,3)42(6,7)41-24-23-38(5)27-13-14-30-29(25-27)32(37-33(36-30)35(4)17-18-35)40-21-15-26(16-22-40)28-11-8-9-12-31(28)39-19-10-20-39/h8-9,11-14,25-26H,10,15-24H2,1-7H3. The van der Waals surface area contributed by atoms with Crippen LogP contribution in [-0.2, 0) is 9.84 Å². The Hall–Kier alpha value is -2.64. The van der Waals surface area contributed by atoms with E-state index in [1.165, 1.54) is 49.1 Å². The Morgan fingerprint density at radius 2 is 1.69 bits per heavy atom. The fraction of sp³-hybridized carbons (Fsp3) is 0.600. The predicted molar refractivity (Wildman–Crippen MR) is 180 cm³/mol. The minimum atomic E-state index is -1.76. The van der Waals surface area contributed by atoms with Gasteiger partial charge in [0.2, 0.25) is 0 Å². The summed E-state index contributed by atoms with van der Waals surface area (Å²) in [5.74, 6) is 2.76. The molecule has 2 aliphatic heterocycles. The van der Waals surface area contributed by atoms with Gasteiger partial charge < -0.3 is 19.1 Å². The topological polar surface area (TPSA) is 44.7 Å². The molecule has 0 N–H and O–H groups in total. The molecule has 3 fully saturated rings. The minimum absolute atomic E-state index is 0.133. The van der Waals surface area contributed by atoms with Crippen LogP contribution >= 0.6 is 0 Å². The normalized spacial score (nSPS) is 19.2. The molecule has 2 aromatic carbocycles. The van der Waals surface area contributed by atoms with Crippen LogP contribution in [0.3, 0.4) is 0 Å². The third-order valence-corrected chi connectivity index (χ3v) is 15.2. The maximum absolute atomic E-state index is 6.49. The molecule has 2 saturated heterocycles. The molecular weight excluding hydrogens is 535 g/mol. The van der Waals surface area contributed by atoms with Gasteiger partial charge in [-0.3, -0.25) is 0 Å². The molecule has 1 saturated carbocycles. The molecule has 7 heteroatoms. The molecule has 0 bridgehead atoms. The number of aromatic nitrogens is 2. The molecular formula is C35H51N5OSi. The molecule has 226 valence electrons. The molecule has 6 nitrogen and oxygen atoms in total. The van der Waals surface area contributed by atoms with E-state index in [-0.39, 0.29) is 10.5 Å². The number of benzene rings is 2. The second-order valence-corrected chi connectivity index (χ2v) is 19.6. The van der Waals surface area contributed by atoms with Crippen molar-refractivity contribution in [2.24, 2.45) is 0 Å². The van der Waals surface area contributed by atoms with Crippen LogP contribution < -0.4 is 14.7 Å². The van der Waals surface area contributed by atoms with E-state index in [0.717, 1.165) is 56.2 Å². The highest BCUT2D eigenvalue weighted by atomic mass is 28.4. The van der Waals surface area contributed by atoms with Crippen LogP contribution in [-0.4, -0.2) is 64.7 Å². The number of nitrogens with zero attached hydrogens (tertiary/aromatic N) is 5. The van der Waals surface area contributed by atoms with Crippen molar-refractivity contribution in [3.63, 3.8) is 0 Å². The summed E-state index contributed by atoms with van der Waals surface area (Å²) in [7, 11) is 0.416. The first kappa shape index (κ1) is 29.4. The highest BCUT2D eigenvalue weighted by Crippen LogP contribution is 2.47. The van der Waals surface area contributed by atoms with Crippen molar-refractivity contribution in [3.8, 4) is 0 Å². The Labute approximate surface area is 254 Å². The maximum Gasteiger partial charge on any atom is 0.192 e. The van der Waals surface area contributed by atoms with E-state index in [9.17, 15) is 0 Å². The highest BCUT2D eigenvalue weighted by molar-refractivity contribution is 6.74. The summed E-state index contributed by atoms with van der Waals surface area (Å²) in [5.41, 5.74) is 5.41. The second-order valence-electron chi connectivity index (χ2n) is 14.8. The van der Waals surface area contributed by atoms with Crippen LogP contribution in [0.25, 0.3) is 10.9 Å². The molecule has 0 unspecified atom stereocenters. The number of anilines is 3. The van der Waals surface area contributed by atoms with E-state index in [2.05, 4.69) is 105 Å². The first-order valence-corrected chi connectivity index (χ1v) is 19.1. The zero-order valence-electron chi connectivity index (χ0n) is 27.0. The van der Waals surface area contributed by atoms with Crippen LogP contribution in [0.15, 0.2) is 42.5 Å². The van der Waals surface area contributed by atoms with Crippen molar-refractivity contribution in [3.05, 3.63) is 53.9 Å². The van der Waals surface area contributed by atoms with Crippen LogP contribution in [0, 0.1) is 0 Å². The van der Waals surface area contributed by atoms with Gasteiger partial charge in [-0.25, -0.2) is 9.97 Å². The van der Waals surface area contributed by atoms with Gasteiger partial charge in [0.15, 0.2) is 8.32 Å². The van der Waals surface area contributed by atoms with Crippen molar-refractivity contribution < 1.29 is 4.43 Å². The number of hydrogen-bond acceptors (Lipinski definition) is 6. The Bertz CT molecular complexity index is 1420. The third kappa shape index (κ3) is 5.79. The summed E-state index contributed by atoms with van der Waals surface area (Å²) < 4.78 is 6.49. The van der Waals surface area contributed by atoms with Crippen LogP contribution in [0.2, 0.25) is 18.1 Å². The van der Waals surface area contributed by atoms with Crippen LogP contribution in [0.1, 0.15) is 77.1 Å². The quantitative estimate of drug-likeness (QED) is 0.240. The summed E-state index contributed by atoms with van der Waals surface area (Å²) in [5, 5.41) is 1.40. The lowest BCUT2D eigenvalue weighted by molar-refractivity contribution is 0.296. The van der Waals surface area contributed by atoms with E-state index in [1.54, 1.807) is 5.56 Å². The highest BCUT2D eigenvalue weighted by Gasteiger charge is 2.43. The smallest absolute Gasteiger partial charge is 0.192 e. The molecule has 0 spiro atoms. The van der Waals surface area contributed by atoms with Crippen molar-refractivity contribution in [1.82, 2.24) is 9.97 Å². The van der Waals surface area contributed by atoms with E-state index < -0.39 is 8.32 Å². The van der Waals surface area contributed by atoms with Gasteiger partial charge in [-0.05, 0) is 86.0 Å². The molecule has 42 heavy (non-hydrogen) atoms.